The maximum Gasteiger partial charge on any atom is 0.0552 e. The highest BCUT2D eigenvalue weighted by atomic mass is 35.5. The zero-order valence-corrected chi connectivity index (χ0v) is 8.65. The van der Waals surface area contributed by atoms with Gasteiger partial charge in [-0.15, -0.1) is 23.2 Å². The highest BCUT2D eigenvalue weighted by molar-refractivity contribution is 6.29. The summed E-state index contributed by atoms with van der Waals surface area (Å²) in [5, 5.41) is -0.176. The van der Waals surface area contributed by atoms with Crippen LogP contribution in [0.3, 0.4) is 0 Å². The Morgan fingerprint density at radius 1 is 1.58 bits per heavy atom. The van der Waals surface area contributed by atoms with E-state index in [1.54, 1.807) is 12.2 Å². The van der Waals surface area contributed by atoms with Gasteiger partial charge in [-0.1, -0.05) is 12.7 Å². The summed E-state index contributed by atoms with van der Waals surface area (Å²) in [5.41, 5.74) is 0.817. The Bertz CT molecular complexity index is 185. The average molecular weight is 206 g/mol. The molecule has 0 aromatic rings. The molecule has 0 saturated carbocycles. The van der Waals surface area contributed by atoms with Gasteiger partial charge in [-0.3, -0.25) is 4.99 Å². The lowest BCUT2D eigenvalue weighted by Crippen LogP contribution is -2.11. The largest absolute Gasteiger partial charge is 0.269 e. The minimum atomic E-state index is -0.108. The van der Waals surface area contributed by atoms with E-state index < -0.39 is 0 Å². The van der Waals surface area contributed by atoms with E-state index in [0.29, 0.717) is 6.42 Å². The molecule has 0 N–H and O–H groups in total. The van der Waals surface area contributed by atoms with Gasteiger partial charge in [0.15, 0.2) is 0 Å². The second-order valence-electron chi connectivity index (χ2n) is 2.45. The Kier molecular flexibility index (Phi) is 6.13. The van der Waals surface area contributed by atoms with Crippen LogP contribution in [0.2, 0.25) is 0 Å². The number of hydrogen-bond donors (Lipinski definition) is 0. The first-order valence-electron chi connectivity index (χ1n) is 3.68. The molecule has 0 amide bonds. The van der Waals surface area contributed by atoms with Crippen LogP contribution >= 0.6 is 23.2 Å². The van der Waals surface area contributed by atoms with Crippen molar-refractivity contribution in [2.75, 3.05) is 0 Å². The van der Waals surface area contributed by atoms with Crippen LogP contribution in [-0.2, 0) is 0 Å². The summed E-state index contributed by atoms with van der Waals surface area (Å²) in [6, 6.07) is 0. The lowest BCUT2D eigenvalue weighted by atomic mass is 10.2. The monoisotopic (exact) mass is 205 g/mol. The van der Waals surface area contributed by atoms with E-state index in [2.05, 4.69) is 18.3 Å². The summed E-state index contributed by atoms with van der Waals surface area (Å²) in [6.07, 6.45) is 4.07. The minimum absolute atomic E-state index is 0.0679. The zero-order valence-electron chi connectivity index (χ0n) is 7.13. The summed E-state index contributed by atoms with van der Waals surface area (Å²) in [5.74, 6) is 0. The molecular formula is C9H13Cl2N. The number of aliphatic imine (C=N–C) groups is 1. The smallest absolute Gasteiger partial charge is 0.0552 e. The highest BCUT2D eigenvalue weighted by Gasteiger charge is 2.12. The molecule has 68 valence electrons. The minimum Gasteiger partial charge on any atom is -0.269 e. The molecule has 12 heavy (non-hydrogen) atoms. The van der Waals surface area contributed by atoms with Gasteiger partial charge in [0.1, 0.15) is 0 Å². The van der Waals surface area contributed by atoms with Gasteiger partial charge in [-0.2, -0.15) is 0 Å². The molecule has 0 spiro atoms. The van der Waals surface area contributed by atoms with Gasteiger partial charge in [-0.05, 0) is 19.7 Å². The van der Waals surface area contributed by atoms with E-state index in [0.717, 1.165) is 5.70 Å². The summed E-state index contributed by atoms with van der Waals surface area (Å²) in [7, 11) is 0. The Balaban J connectivity index is 4.11. The fourth-order valence-corrected chi connectivity index (χ4v) is 0.931. The molecule has 0 bridgehead atoms. The van der Waals surface area contributed by atoms with Crippen molar-refractivity contribution in [3.05, 3.63) is 24.4 Å². The fourth-order valence-electron chi connectivity index (χ4n) is 0.684. The molecule has 0 fully saturated rings. The van der Waals surface area contributed by atoms with Crippen molar-refractivity contribution in [1.29, 1.82) is 0 Å². The quantitative estimate of drug-likeness (QED) is 0.371. The fraction of sp³-hybridized carbons (Fsp3) is 0.444. The lowest BCUT2D eigenvalue weighted by molar-refractivity contribution is 0.800. The predicted octanol–water partition coefficient (Wildman–Crippen LogP) is 3.38. The lowest BCUT2D eigenvalue weighted by Gasteiger charge is -2.10. The molecule has 0 aliphatic carbocycles. The number of rotatable bonds is 5. The summed E-state index contributed by atoms with van der Waals surface area (Å²) < 4.78 is 0. The van der Waals surface area contributed by atoms with E-state index in [4.69, 9.17) is 23.2 Å². The number of halogens is 2. The Hall–Kier alpha value is -0.270. The van der Waals surface area contributed by atoms with Crippen LogP contribution in [0, 0.1) is 0 Å². The van der Waals surface area contributed by atoms with Crippen LogP contribution in [0.4, 0.5) is 0 Å². The van der Waals surface area contributed by atoms with Crippen LogP contribution in [0.25, 0.3) is 0 Å². The summed E-state index contributed by atoms with van der Waals surface area (Å²) in [6.45, 7) is 8.84. The van der Waals surface area contributed by atoms with Crippen LogP contribution in [-0.4, -0.2) is 17.5 Å². The van der Waals surface area contributed by atoms with Gasteiger partial charge in [-0.25, -0.2) is 0 Å². The van der Waals surface area contributed by atoms with Gasteiger partial charge in [0.2, 0.25) is 0 Å². The van der Waals surface area contributed by atoms with Gasteiger partial charge >= 0.3 is 0 Å². The third-order valence-electron chi connectivity index (χ3n) is 1.42. The molecular weight excluding hydrogens is 193 g/mol. The number of nitrogens with zero attached hydrogens (tertiary/aromatic N) is 1. The van der Waals surface area contributed by atoms with Crippen LogP contribution in [0.15, 0.2) is 29.4 Å². The van der Waals surface area contributed by atoms with Crippen molar-refractivity contribution in [1.82, 2.24) is 0 Å². The maximum absolute atomic E-state index is 5.93. The summed E-state index contributed by atoms with van der Waals surface area (Å²) >= 11 is 11.7. The molecule has 0 aromatic carbocycles. The van der Waals surface area contributed by atoms with E-state index in [9.17, 15) is 0 Å². The molecule has 0 aromatic heterocycles. The van der Waals surface area contributed by atoms with Crippen molar-refractivity contribution in [3.63, 3.8) is 0 Å². The third kappa shape index (κ3) is 4.58. The van der Waals surface area contributed by atoms with Gasteiger partial charge in [0.25, 0.3) is 0 Å². The molecule has 0 aliphatic heterocycles. The van der Waals surface area contributed by atoms with Crippen molar-refractivity contribution >= 4 is 29.9 Å². The predicted molar refractivity (Wildman–Crippen MR) is 57.4 cm³/mol. The summed E-state index contributed by atoms with van der Waals surface area (Å²) in [4.78, 5) is 3.80. The van der Waals surface area contributed by atoms with E-state index in [1.807, 2.05) is 6.92 Å². The Labute approximate surface area is 83.8 Å². The first-order chi connectivity index (χ1) is 5.61. The van der Waals surface area contributed by atoms with Crippen molar-refractivity contribution < 1.29 is 0 Å². The van der Waals surface area contributed by atoms with E-state index >= 15 is 0 Å². The highest BCUT2D eigenvalue weighted by Crippen LogP contribution is 2.18. The topological polar surface area (TPSA) is 12.4 Å². The van der Waals surface area contributed by atoms with Crippen molar-refractivity contribution in [2.24, 2.45) is 4.99 Å². The number of hydrogen-bond acceptors (Lipinski definition) is 1. The average Bonchev–Trinajstić information content (AvgIpc) is 2.03. The third-order valence-corrected chi connectivity index (χ3v) is 2.38. The number of allylic oxidation sites excluding steroid dienone is 3. The molecule has 1 nitrogen and oxygen atoms in total. The Morgan fingerprint density at radius 3 is 2.50 bits per heavy atom. The zero-order chi connectivity index (χ0) is 9.56. The van der Waals surface area contributed by atoms with Gasteiger partial charge in [0.05, 0.1) is 5.38 Å². The first-order valence-corrected chi connectivity index (χ1v) is 4.55. The molecule has 0 heterocycles. The second-order valence-corrected chi connectivity index (χ2v) is 3.70. The Morgan fingerprint density at radius 2 is 2.17 bits per heavy atom. The van der Waals surface area contributed by atoms with E-state index in [-0.39, 0.29) is 10.8 Å². The van der Waals surface area contributed by atoms with Gasteiger partial charge < -0.3 is 0 Å². The van der Waals surface area contributed by atoms with Crippen molar-refractivity contribution in [2.45, 2.75) is 24.1 Å². The molecule has 0 radical (unpaired) electrons. The molecule has 0 aliphatic rings. The number of alkyl halides is 2. The second kappa shape index (κ2) is 6.27. The molecule has 2 atom stereocenters. The molecule has 0 rings (SSSR count). The first kappa shape index (κ1) is 11.7. The molecule has 3 heteroatoms. The molecule has 0 saturated heterocycles. The van der Waals surface area contributed by atoms with Crippen molar-refractivity contribution in [3.8, 4) is 0 Å². The normalized spacial score (nSPS) is 16.8. The van der Waals surface area contributed by atoms with Gasteiger partial charge in [0, 0.05) is 17.5 Å². The standard InChI is InChI=1S/C9H13Cl2N/c1-4-5-8(12-3)6-9(11)7(2)10/h4-5,7,9H,1,3,6H2,2H3/b8-5+/t7?,9-/m1/s1. The van der Waals surface area contributed by atoms with Crippen LogP contribution in [0.1, 0.15) is 13.3 Å². The van der Waals surface area contributed by atoms with Crippen LogP contribution < -0.4 is 0 Å². The van der Waals surface area contributed by atoms with E-state index in [1.165, 1.54) is 0 Å². The SMILES string of the molecule is C=C/C=C(\C[C@@H](Cl)C(C)Cl)N=C. The maximum atomic E-state index is 5.93. The molecule has 1 unspecified atom stereocenters. The van der Waals surface area contributed by atoms with Crippen LogP contribution in [0.5, 0.6) is 0 Å².